The first-order valence-corrected chi connectivity index (χ1v) is 56.2. The molecular formula is C98H129N9O23S8. The molecule has 12 rings (SSSR count). The second-order valence-electron chi connectivity index (χ2n) is 34.8. The van der Waals surface area contributed by atoms with Crippen molar-refractivity contribution in [3.05, 3.63) is 176 Å². The van der Waals surface area contributed by atoms with Gasteiger partial charge >= 0.3 is 0 Å². The fourth-order valence-electron chi connectivity index (χ4n) is 15.2. The Labute approximate surface area is 834 Å². The predicted octanol–water partition coefficient (Wildman–Crippen LogP) is 16.4. The van der Waals surface area contributed by atoms with Crippen LogP contribution in [0.4, 0.5) is 17.1 Å². The van der Waals surface area contributed by atoms with E-state index in [1.165, 1.54) is 29.9 Å². The summed E-state index contributed by atoms with van der Waals surface area (Å²) in [7, 11) is 7.61. The predicted molar refractivity (Wildman–Crippen MR) is 553 cm³/mol. The molecule has 3 fully saturated rings. The summed E-state index contributed by atoms with van der Waals surface area (Å²) in [6.45, 7) is 21.9. The number of rotatable bonds is 44. The van der Waals surface area contributed by atoms with E-state index in [0.29, 0.717) is 155 Å². The standard InChI is InChI=1S/C47H55N5O8S2.C19H31NO8S4.C17H27NO4S2.C15H16N2O3/c1-8-29-15-33-23-49-38-21-42(40(56-5)19-36(38)45(54)51(33)25-29)59-27-31-14-32(18-35(17-31)58-13-12-48-44(53)10-11-47(3,4)62-61-7)28-60-43-22-39-37(20-41(43)57-6)46(55)52-26-30(9-2)16-34(52)24-50-39;1-19(2,30-29-3)7-6-18(21)20-8-9-26-17-11-15(13-27-31(4,22)23)10-16(12-17)14-28-32(5,24)25;1-17(2,24-23-3)5-4-16(21)18-6-7-22-15-9-13(11-19)8-14(10-15)12-20;1-3-9-4-10-7-16-12-6-13(18)14(20-2)5-11(12)15(19)17(10)8-9/h8-9,14,17-24,33-34H,10-13,15-16,25-28H2,1-7H3,(H,48,53);10-12H,6-9,13-14H2,1-5H3,(H,20,21);8-10,19-20H,4-7,11-12H2,1-3H3,(H,18,21);3,5-7,10,18H,4,8H2,1-2H3/b29-8+,30-9+;;;9-3+/t33-,34-;;;10-/m0..0/s1. The summed E-state index contributed by atoms with van der Waals surface area (Å²) in [4.78, 5) is 95.8. The van der Waals surface area contributed by atoms with Gasteiger partial charge in [-0.25, -0.2) is 0 Å². The zero-order valence-electron chi connectivity index (χ0n) is 81.3. The summed E-state index contributed by atoms with van der Waals surface area (Å²) in [5, 5.41) is 36.8. The lowest BCUT2D eigenvalue weighted by Crippen LogP contribution is -2.35. The van der Waals surface area contributed by atoms with Crippen molar-refractivity contribution >= 4 is 156 Å². The minimum Gasteiger partial charge on any atom is -0.504 e. The van der Waals surface area contributed by atoms with Gasteiger partial charge in [-0.2, -0.15) is 16.8 Å². The van der Waals surface area contributed by atoms with Gasteiger partial charge in [-0.05, 0) is 214 Å². The van der Waals surface area contributed by atoms with Gasteiger partial charge in [0.1, 0.15) is 50.3 Å². The summed E-state index contributed by atoms with van der Waals surface area (Å²) in [6, 6.07) is 25.3. The van der Waals surface area contributed by atoms with Crippen molar-refractivity contribution in [1.82, 2.24) is 30.7 Å². The van der Waals surface area contributed by atoms with Crippen molar-refractivity contribution in [1.29, 1.82) is 0 Å². The fourth-order valence-corrected chi connectivity index (χ4v) is 22.6. The number of nitrogens with zero attached hydrogens (tertiary/aromatic N) is 6. The molecule has 6 N–H and O–H groups in total. The Balaban J connectivity index is 0.000000233. The lowest BCUT2D eigenvalue weighted by Gasteiger charge is -2.21. The molecule has 0 saturated carbocycles. The van der Waals surface area contributed by atoms with Crippen molar-refractivity contribution in [3.8, 4) is 51.7 Å². The Morgan fingerprint density at radius 2 is 0.710 bits per heavy atom. The van der Waals surface area contributed by atoms with Crippen molar-refractivity contribution in [2.45, 2.75) is 192 Å². The molecule has 0 unspecified atom stereocenters. The summed E-state index contributed by atoms with van der Waals surface area (Å²) in [6.07, 6.45) is 25.6. The molecular weight excluding hydrogens is 1930 g/mol. The Kier molecular flexibility index (Phi) is 43.3. The fraction of sp³-hybridized carbons (Fsp3) is 0.480. The maximum absolute atomic E-state index is 13.7. The van der Waals surface area contributed by atoms with Crippen LogP contribution >= 0.6 is 64.8 Å². The molecule has 32 nitrogen and oxygen atoms in total. The van der Waals surface area contributed by atoms with E-state index in [1.807, 2.05) is 86.0 Å². The number of hydrogen-bond acceptors (Lipinski definition) is 32. The van der Waals surface area contributed by atoms with Crippen LogP contribution in [-0.2, 0) is 82.6 Å². The summed E-state index contributed by atoms with van der Waals surface area (Å²) >= 11 is 0. The van der Waals surface area contributed by atoms with Crippen molar-refractivity contribution < 1.29 is 107 Å². The van der Waals surface area contributed by atoms with E-state index >= 15 is 0 Å². The van der Waals surface area contributed by atoms with E-state index in [4.69, 9.17) is 56.2 Å². The quantitative estimate of drug-likeness (QED) is 0.00895. The Morgan fingerprint density at radius 3 is 1.00 bits per heavy atom. The molecule has 6 amide bonds. The number of allylic oxidation sites excluding steroid dienone is 3. The summed E-state index contributed by atoms with van der Waals surface area (Å²) in [5.74, 6) is 3.17. The number of nitrogens with one attached hydrogen (secondary N) is 3. The van der Waals surface area contributed by atoms with E-state index in [1.54, 1.807) is 157 Å². The first-order valence-electron chi connectivity index (χ1n) is 44.9. The number of carbonyl (C=O) groups is 6. The van der Waals surface area contributed by atoms with Crippen LogP contribution in [0, 0.1) is 0 Å². The molecule has 0 radical (unpaired) electrons. The van der Waals surface area contributed by atoms with E-state index in [-0.39, 0.29) is 139 Å². The first kappa shape index (κ1) is 112. The normalized spacial score (nSPS) is 16.8. The van der Waals surface area contributed by atoms with Gasteiger partial charge in [0.05, 0.1) is 132 Å². The topological polar surface area (TPSA) is 407 Å². The third-order valence-electron chi connectivity index (χ3n) is 22.4. The van der Waals surface area contributed by atoms with Crippen LogP contribution in [0.3, 0.4) is 0 Å². The second kappa shape index (κ2) is 53.3. The number of aromatic hydroxyl groups is 1. The Bertz CT molecular complexity index is 5480. The highest BCUT2D eigenvalue weighted by molar-refractivity contribution is 8.77. The van der Waals surface area contributed by atoms with Gasteiger partial charge in [-0.15, -0.1) is 0 Å². The largest absolute Gasteiger partial charge is 0.504 e. The first-order chi connectivity index (χ1) is 65.6. The summed E-state index contributed by atoms with van der Waals surface area (Å²) < 4.78 is 101. The number of phenolic OH excluding ortho intramolecular Hbond substituents is 1. The van der Waals surface area contributed by atoms with E-state index in [0.717, 1.165) is 62.2 Å². The number of carbonyl (C=O) groups excluding carboxylic acids is 6. The minimum absolute atomic E-state index is 0.00388. The van der Waals surface area contributed by atoms with Crippen LogP contribution in [0.15, 0.2) is 141 Å². The average molecular weight is 2060 g/mol. The molecule has 0 aliphatic carbocycles. The molecule has 138 heavy (non-hydrogen) atoms. The lowest BCUT2D eigenvalue weighted by atomic mass is 10.1. The number of aliphatic imine (C=N–C) groups is 3. The number of benzene rings is 6. The lowest BCUT2D eigenvalue weighted by molar-refractivity contribution is -0.122. The van der Waals surface area contributed by atoms with Crippen LogP contribution < -0.4 is 53.8 Å². The Morgan fingerprint density at radius 1 is 0.420 bits per heavy atom. The van der Waals surface area contributed by atoms with Crippen LogP contribution in [-0.4, -0.2) is 245 Å². The van der Waals surface area contributed by atoms with Crippen LogP contribution in [0.5, 0.6) is 51.7 Å². The molecule has 6 aliphatic rings. The van der Waals surface area contributed by atoms with Gasteiger partial charge in [-0.1, -0.05) is 112 Å². The number of aliphatic hydroxyl groups excluding tert-OH is 2. The molecule has 0 aromatic heterocycles. The third kappa shape index (κ3) is 35.0. The molecule has 40 heteroatoms. The third-order valence-corrected chi connectivity index (χ3v) is 31.6. The molecule has 3 atom stereocenters. The number of aliphatic hydroxyl groups is 2. The highest BCUT2D eigenvalue weighted by atomic mass is 33.1. The van der Waals surface area contributed by atoms with Crippen molar-refractivity contribution in [3.63, 3.8) is 0 Å². The molecule has 6 aromatic rings. The van der Waals surface area contributed by atoms with E-state index in [2.05, 4.69) is 74.6 Å². The minimum atomic E-state index is -3.65. The molecule has 0 spiro atoms. The molecule has 752 valence electrons. The van der Waals surface area contributed by atoms with E-state index < -0.39 is 20.2 Å². The number of phenols is 1. The zero-order valence-corrected chi connectivity index (χ0v) is 87.8. The zero-order chi connectivity index (χ0) is 101. The number of ether oxygens (including phenoxy) is 8. The van der Waals surface area contributed by atoms with Crippen LogP contribution in [0.2, 0.25) is 0 Å². The van der Waals surface area contributed by atoms with Crippen molar-refractivity contribution in [2.75, 3.05) is 112 Å². The summed E-state index contributed by atoms with van der Waals surface area (Å²) in [5.41, 5.74) is 10.4. The highest BCUT2D eigenvalue weighted by Gasteiger charge is 2.39. The average Bonchev–Trinajstić information content (AvgIpc) is 1.63. The van der Waals surface area contributed by atoms with Gasteiger partial charge in [0.25, 0.3) is 38.0 Å². The molecule has 6 aliphatic heterocycles. The highest BCUT2D eigenvalue weighted by Crippen LogP contribution is 2.45. The van der Waals surface area contributed by atoms with Crippen LogP contribution in [0.25, 0.3) is 0 Å². The maximum Gasteiger partial charge on any atom is 0.264 e. The van der Waals surface area contributed by atoms with Crippen molar-refractivity contribution in [2.24, 2.45) is 15.0 Å². The number of methoxy groups -OCH3 is 3. The second-order valence-corrected chi connectivity index (χ2v) is 47.4. The molecule has 0 bridgehead atoms. The Hall–Kier alpha value is -9.59. The monoisotopic (exact) mass is 2060 g/mol. The van der Waals surface area contributed by atoms with Gasteiger partial charge in [0, 0.05) is 90.0 Å². The van der Waals surface area contributed by atoms with Gasteiger partial charge in [-0.3, -0.25) is 52.1 Å². The number of hydrogen-bond donors (Lipinski definition) is 6. The number of fused-ring (bicyclic) bond motifs is 6. The van der Waals surface area contributed by atoms with Gasteiger partial charge in [0.15, 0.2) is 34.5 Å². The van der Waals surface area contributed by atoms with Crippen LogP contribution in [0.1, 0.15) is 185 Å². The smallest absolute Gasteiger partial charge is 0.264 e. The molecule has 6 heterocycles. The molecule has 3 saturated heterocycles. The molecule has 6 aromatic carbocycles. The maximum atomic E-state index is 13.7. The number of amides is 6. The SMILES string of the molecule is C/C=C1\C[C@H]2C=Nc3cc(O)c(OC)cc3C(=O)N2C1.C/C=C1\C[C@H]2C=Nc3cc(OCc4cc(COc5cc6c(cc5OC)C(=O)N5C/C(=C/C)C[C@H]5C=N6)cc(OCCNC(=O)CCC(C)(C)SSC)c4)c(OC)cc3C(=O)N2C1.CSSC(C)(C)CCC(=O)NCCOc1cc(CO)cc(CO)c1.CSSC(C)(C)CCC(=O)NCCOc1cc(COS(C)(=O)=O)cc(COS(C)(=O)=O)c1. The van der Waals surface area contributed by atoms with Gasteiger partial charge in [0.2, 0.25) is 17.7 Å². The van der Waals surface area contributed by atoms with Gasteiger partial charge < -0.3 is 83.9 Å². The van der Waals surface area contributed by atoms with E-state index in [9.17, 15) is 60.9 Å².